The fraction of sp³-hybridized carbons (Fsp3) is 0.333. The second kappa shape index (κ2) is 6.60. The number of hydrogen-bond donors (Lipinski definition) is 1. The number of pyridine rings is 1. The number of nitrogens with one attached hydrogen (secondary N) is 1. The average Bonchev–Trinajstić information content (AvgIpc) is 2.49. The molecule has 0 aliphatic carbocycles. The van der Waals surface area contributed by atoms with Gasteiger partial charge >= 0.3 is 0 Å². The molecule has 1 N–H and O–H groups in total. The normalized spacial score (nSPS) is 11.3. The van der Waals surface area contributed by atoms with E-state index in [-0.39, 0.29) is 12.0 Å². The lowest BCUT2D eigenvalue weighted by Gasteiger charge is -2.24. The Morgan fingerprint density at radius 3 is 2.36 bits per heavy atom. The molecule has 4 heteroatoms. The number of amides is 1. The highest BCUT2D eigenvalue weighted by atomic mass is 16.5. The van der Waals surface area contributed by atoms with Crippen molar-refractivity contribution in [1.82, 2.24) is 4.98 Å². The van der Waals surface area contributed by atoms with Crippen molar-refractivity contribution < 1.29 is 9.53 Å². The van der Waals surface area contributed by atoms with Gasteiger partial charge in [-0.2, -0.15) is 0 Å². The number of anilines is 1. The predicted molar refractivity (Wildman–Crippen MR) is 88.1 cm³/mol. The van der Waals surface area contributed by atoms with Gasteiger partial charge in [-0.25, -0.2) is 4.98 Å². The Labute approximate surface area is 131 Å². The maximum absolute atomic E-state index is 12.5. The predicted octanol–water partition coefficient (Wildman–Crippen LogP) is 3.79. The van der Waals surface area contributed by atoms with Crippen LogP contribution >= 0.6 is 0 Å². The summed E-state index contributed by atoms with van der Waals surface area (Å²) >= 11 is 0. The zero-order chi connectivity index (χ0) is 16.2. The third-order valence-corrected chi connectivity index (χ3v) is 3.41. The van der Waals surface area contributed by atoms with Gasteiger partial charge < -0.3 is 10.1 Å². The third kappa shape index (κ3) is 3.85. The molecule has 1 aromatic carbocycles. The van der Waals surface area contributed by atoms with Gasteiger partial charge in [-0.1, -0.05) is 30.3 Å². The molecule has 0 aliphatic heterocycles. The molecule has 22 heavy (non-hydrogen) atoms. The van der Waals surface area contributed by atoms with Gasteiger partial charge in [0, 0.05) is 6.07 Å². The van der Waals surface area contributed by atoms with E-state index >= 15 is 0 Å². The maximum atomic E-state index is 12.5. The summed E-state index contributed by atoms with van der Waals surface area (Å²) in [6, 6.07) is 13.3. The van der Waals surface area contributed by atoms with Crippen LogP contribution in [0.5, 0.6) is 5.88 Å². The highest BCUT2D eigenvalue weighted by Gasteiger charge is 2.29. The van der Waals surface area contributed by atoms with E-state index in [0.717, 1.165) is 5.56 Å². The van der Waals surface area contributed by atoms with Crippen LogP contribution in [-0.4, -0.2) is 17.0 Å². The fourth-order valence-corrected chi connectivity index (χ4v) is 2.04. The minimum Gasteiger partial charge on any atom is -0.475 e. The Balaban J connectivity index is 2.08. The summed E-state index contributed by atoms with van der Waals surface area (Å²) in [6.45, 7) is 7.70. The van der Waals surface area contributed by atoms with E-state index in [1.807, 2.05) is 58.0 Å². The summed E-state index contributed by atoms with van der Waals surface area (Å²) in [5, 5.41) is 2.90. The van der Waals surface area contributed by atoms with Crippen LogP contribution in [0.4, 0.5) is 5.69 Å². The molecule has 2 aromatic rings. The molecule has 2 rings (SSSR count). The van der Waals surface area contributed by atoms with Gasteiger partial charge in [0.2, 0.25) is 11.8 Å². The van der Waals surface area contributed by atoms with Crippen LogP contribution in [0.2, 0.25) is 0 Å². The molecule has 4 nitrogen and oxygen atoms in total. The number of ether oxygens (including phenoxy) is 1. The molecule has 1 heterocycles. The van der Waals surface area contributed by atoms with E-state index in [2.05, 4.69) is 10.3 Å². The Hall–Kier alpha value is -2.36. The molecule has 0 saturated carbocycles. The number of rotatable bonds is 5. The van der Waals surface area contributed by atoms with E-state index in [1.54, 1.807) is 18.3 Å². The van der Waals surface area contributed by atoms with Crippen LogP contribution in [0.3, 0.4) is 0 Å². The van der Waals surface area contributed by atoms with Gasteiger partial charge in [0.1, 0.15) is 0 Å². The van der Waals surface area contributed by atoms with Gasteiger partial charge in [0.05, 0.1) is 23.4 Å². The molecule has 0 saturated heterocycles. The highest BCUT2D eigenvalue weighted by Crippen LogP contribution is 2.25. The van der Waals surface area contributed by atoms with Crippen LogP contribution in [0, 0.1) is 0 Å². The van der Waals surface area contributed by atoms with Crippen molar-refractivity contribution in [2.24, 2.45) is 0 Å². The Morgan fingerprint density at radius 1 is 1.14 bits per heavy atom. The van der Waals surface area contributed by atoms with Gasteiger partial charge in [-0.3, -0.25) is 4.79 Å². The SMILES string of the molecule is CC(C)Oc1ccc(NC(=O)C(C)(C)c2ccccc2)cn1. The monoisotopic (exact) mass is 298 g/mol. The third-order valence-electron chi connectivity index (χ3n) is 3.41. The highest BCUT2D eigenvalue weighted by molar-refractivity contribution is 5.98. The number of carbonyl (C=O) groups excluding carboxylic acids is 1. The van der Waals surface area contributed by atoms with Crippen LogP contribution in [0.25, 0.3) is 0 Å². The van der Waals surface area contributed by atoms with Gasteiger partial charge in [-0.15, -0.1) is 0 Å². The molecule has 0 bridgehead atoms. The summed E-state index contributed by atoms with van der Waals surface area (Å²) < 4.78 is 5.49. The number of benzene rings is 1. The van der Waals surface area contributed by atoms with E-state index < -0.39 is 5.41 Å². The lowest BCUT2D eigenvalue weighted by molar-refractivity contribution is -0.120. The molecule has 0 radical (unpaired) electrons. The standard InChI is InChI=1S/C18H22N2O2/c1-13(2)22-16-11-10-15(12-19-16)20-17(21)18(3,4)14-8-6-5-7-9-14/h5-13H,1-4H3,(H,20,21). The Bertz CT molecular complexity index is 619. The summed E-state index contributed by atoms with van der Waals surface area (Å²) in [5.41, 5.74) is 1.01. The van der Waals surface area contributed by atoms with Crippen molar-refractivity contribution in [2.45, 2.75) is 39.2 Å². The number of nitrogens with zero attached hydrogens (tertiary/aromatic N) is 1. The van der Waals surface area contributed by atoms with E-state index in [4.69, 9.17) is 4.74 Å². The number of hydrogen-bond acceptors (Lipinski definition) is 3. The molecule has 0 fully saturated rings. The topological polar surface area (TPSA) is 51.2 Å². The molecule has 0 atom stereocenters. The van der Waals surface area contributed by atoms with Crippen molar-refractivity contribution in [1.29, 1.82) is 0 Å². The quantitative estimate of drug-likeness (QED) is 0.913. The molecule has 0 unspecified atom stereocenters. The average molecular weight is 298 g/mol. The number of carbonyl (C=O) groups is 1. The zero-order valence-electron chi connectivity index (χ0n) is 13.5. The lowest BCUT2D eigenvalue weighted by Crippen LogP contribution is -2.34. The lowest BCUT2D eigenvalue weighted by atomic mass is 9.84. The Kier molecular flexibility index (Phi) is 4.81. The summed E-state index contributed by atoms with van der Waals surface area (Å²) in [7, 11) is 0. The molecule has 116 valence electrons. The maximum Gasteiger partial charge on any atom is 0.234 e. The molecular formula is C18H22N2O2. The first kappa shape index (κ1) is 16.0. The summed E-state index contributed by atoms with van der Waals surface area (Å²) in [5.74, 6) is 0.480. The first-order valence-electron chi connectivity index (χ1n) is 7.39. The van der Waals surface area contributed by atoms with Crippen LogP contribution < -0.4 is 10.1 Å². The fourth-order valence-electron chi connectivity index (χ4n) is 2.04. The van der Waals surface area contributed by atoms with Crippen molar-refractivity contribution in [3.05, 3.63) is 54.2 Å². The van der Waals surface area contributed by atoms with Crippen LogP contribution in [-0.2, 0) is 10.2 Å². The molecule has 0 aliphatic rings. The second-order valence-corrected chi connectivity index (χ2v) is 6.00. The zero-order valence-corrected chi connectivity index (χ0v) is 13.5. The van der Waals surface area contributed by atoms with E-state index in [9.17, 15) is 4.79 Å². The summed E-state index contributed by atoms with van der Waals surface area (Å²) in [4.78, 5) is 16.7. The van der Waals surface area contributed by atoms with E-state index in [0.29, 0.717) is 11.6 Å². The minimum absolute atomic E-state index is 0.0713. The van der Waals surface area contributed by atoms with Gasteiger partial charge in [0.25, 0.3) is 0 Å². The van der Waals surface area contributed by atoms with Crippen molar-refractivity contribution >= 4 is 11.6 Å². The largest absolute Gasteiger partial charge is 0.475 e. The Morgan fingerprint density at radius 2 is 1.82 bits per heavy atom. The summed E-state index contributed by atoms with van der Waals surface area (Å²) in [6.07, 6.45) is 1.68. The smallest absolute Gasteiger partial charge is 0.234 e. The minimum atomic E-state index is -0.617. The molecule has 0 spiro atoms. The van der Waals surface area contributed by atoms with Crippen molar-refractivity contribution in [3.63, 3.8) is 0 Å². The first-order chi connectivity index (χ1) is 10.4. The van der Waals surface area contributed by atoms with Gasteiger partial charge in [0.15, 0.2) is 0 Å². The first-order valence-corrected chi connectivity index (χ1v) is 7.39. The molecule has 1 amide bonds. The molecular weight excluding hydrogens is 276 g/mol. The van der Waals surface area contributed by atoms with E-state index in [1.165, 1.54) is 0 Å². The number of aromatic nitrogens is 1. The molecule has 1 aromatic heterocycles. The van der Waals surface area contributed by atoms with Gasteiger partial charge in [-0.05, 0) is 39.3 Å². The van der Waals surface area contributed by atoms with Crippen LogP contribution in [0.1, 0.15) is 33.3 Å². The van der Waals surface area contributed by atoms with Crippen molar-refractivity contribution in [3.8, 4) is 5.88 Å². The van der Waals surface area contributed by atoms with Crippen molar-refractivity contribution in [2.75, 3.05) is 5.32 Å². The van der Waals surface area contributed by atoms with Crippen LogP contribution in [0.15, 0.2) is 48.7 Å². The second-order valence-electron chi connectivity index (χ2n) is 6.00.